The first-order chi connectivity index (χ1) is 14.8. The van der Waals surface area contributed by atoms with Gasteiger partial charge in [0.2, 0.25) is 10.0 Å². The van der Waals surface area contributed by atoms with Crippen LogP contribution in [0.3, 0.4) is 0 Å². The van der Waals surface area contributed by atoms with Crippen LogP contribution < -0.4 is 15.2 Å². The smallest absolute Gasteiger partial charge is 0.240 e. The third kappa shape index (κ3) is 6.40. The van der Waals surface area contributed by atoms with Crippen molar-refractivity contribution in [1.82, 2.24) is 4.72 Å². The highest BCUT2D eigenvalue weighted by Crippen LogP contribution is 2.38. The number of halogens is 1. The van der Waals surface area contributed by atoms with Crippen molar-refractivity contribution in [3.8, 4) is 5.75 Å². The van der Waals surface area contributed by atoms with E-state index in [1.54, 1.807) is 0 Å². The van der Waals surface area contributed by atoms with Crippen LogP contribution >= 0.6 is 11.6 Å². The fourth-order valence-corrected chi connectivity index (χ4v) is 4.56. The van der Waals surface area contributed by atoms with Crippen LogP contribution in [0.15, 0.2) is 41.3 Å². The van der Waals surface area contributed by atoms with E-state index in [0.29, 0.717) is 18.7 Å². The molecule has 0 spiro atoms. The fourth-order valence-electron chi connectivity index (χ4n) is 3.22. The largest absolute Gasteiger partial charge is 0.493 e. The first-order valence-corrected chi connectivity index (χ1v) is 13.0. The maximum Gasteiger partial charge on any atom is 0.240 e. The zero-order valence-corrected chi connectivity index (χ0v) is 21.7. The Morgan fingerprint density at radius 2 is 1.66 bits per heavy atom. The number of anilines is 1. The summed E-state index contributed by atoms with van der Waals surface area (Å²) in [7, 11) is -3.65. The second-order valence-corrected chi connectivity index (χ2v) is 11.6. The summed E-state index contributed by atoms with van der Waals surface area (Å²) in [6.45, 7) is 14.0. The molecule has 0 saturated heterocycles. The van der Waals surface area contributed by atoms with Crippen molar-refractivity contribution in [2.75, 3.05) is 18.9 Å². The van der Waals surface area contributed by atoms with Crippen molar-refractivity contribution in [3.63, 3.8) is 0 Å². The quantitative estimate of drug-likeness (QED) is 0.303. The number of rotatable bonds is 11. The number of nitrogens with one attached hydrogen (secondary N) is 1. The molecule has 5 nitrogen and oxygen atoms in total. The van der Waals surface area contributed by atoms with Crippen LogP contribution in [0.2, 0.25) is 5.02 Å². The summed E-state index contributed by atoms with van der Waals surface area (Å²) in [5.41, 5.74) is 8.57. The lowest BCUT2D eigenvalue weighted by Gasteiger charge is -2.30. The normalized spacial score (nSPS) is 12.7. The Morgan fingerprint density at radius 3 is 2.25 bits per heavy atom. The number of nitrogens with two attached hydrogens (primary N) is 1. The molecule has 0 heterocycles. The van der Waals surface area contributed by atoms with Crippen molar-refractivity contribution in [1.29, 1.82) is 0 Å². The summed E-state index contributed by atoms with van der Waals surface area (Å²) < 4.78 is 33.6. The first-order valence-electron chi connectivity index (χ1n) is 11.2. The molecule has 0 bridgehead atoms. The summed E-state index contributed by atoms with van der Waals surface area (Å²) in [6, 6.07) is 10.8. The van der Waals surface area contributed by atoms with Crippen LogP contribution in [0.4, 0.5) is 5.69 Å². The highest BCUT2D eigenvalue weighted by atomic mass is 35.5. The molecule has 0 aliphatic carbocycles. The molecule has 0 aromatic heterocycles. The minimum absolute atomic E-state index is 0.0226. The van der Waals surface area contributed by atoms with Crippen LogP contribution in [0, 0.1) is 0 Å². The molecule has 178 valence electrons. The van der Waals surface area contributed by atoms with Gasteiger partial charge in [-0.3, -0.25) is 0 Å². The SMILES string of the molecule is CCC(C)(C)c1ccc(OCCCNS(=O)(=O)c2ccc(N)c(Cl)c2)c(C(C)(C)CC)c1. The third-order valence-corrected chi connectivity index (χ3v) is 8.20. The van der Waals surface area contributed by atoms with Gasteiger partial charge in [-0.05, 0) is 59.9 Å². The first kappa shape index (κ1) is 26.5. The molecule has 0 amide bonds. The van der Waals surface area contributed by atoms with E-state index in [0.717, 1.165) is 18.6 Å². The van der Waals surface area contributed by atoms with Crippen LogP contribution in [-0.2, 0) is 20.9 Å². The van der Waals surface area contributed by atoms with E-state index in [1.165, 1.54) is 29.3 Å². The van der Waals surface area contributed by atoms with Gasteiger partial charge in [0, 0.05) is 12.1 Å². The molecule has 0 unspecified atom stereocenters. The van der Waals surface area contributed by atoms with Gasteiger partial charge in [0.15, 0.2) is 0 Å². The van der Waals surface area contributed by atoms with E-state index in [4.69, 9.17) is 22.1 Å². The minimum atomic E-state index is -3.65. The van der Waals surface area contributed by atoms with Gasteiger partial charge < -0.3 is 10.5 Å². The van der Waals surface area contributed by atoms with Crippen LogP contribution in [0.25, 0.3) is 0 Å². The lowest BCUT2D eigenvalue weighted by atomic mass is 9.76. The summed E-state index contributed by atoms with van der Waals surface area (Å²) >= 11 is 5.95. The second-order valence-electron chi connectivity index (χ2n) is 9.47. The number of benzene rings is 2. The van der Waals surface area contributed by atoms with E-state index >= 15 is 0 Å². The van der Waals surface area contributed by atoms with Crippen molar-refractivity contribution in [2.45, 2.75) is 76.5 Å². The van der Waals surface area contributed by atoms with Gasteiger partial charge in [0.05, 0.1) is 22.2 Å². The van der Waals surface area contributed by atoms with Crippen LogP contribution in [-0.4, -0.2) is 21.6 Å². The van der Waals surface area contributed by atoms with Crippen molar-refractivity contribution in [3.05, 3.63) is 52.5 Å². The van der Waals surface area contributed by atoms with E-state index in [9.17, 15) is 8.42 Å². The number of sulfonamides is 1. The molecule has 0 radical (unpaired) electrons. The molecule has 2 aromatic carbocycles. The van der Waals surface area contributed by atoms with Crippen molar-refractivity contribution < 1.29 is 13.2 Å². The van der Waals surface area contributed by atoms with Gasteiger partial charge in [-0.25, -0.2) is 13.1 Å². The highest BCUT2D eigenvalue weighted by Gasteiger charge is 2.26. The van der Waals surface area contributed by atoms with Crippen molar-refractivity contribution >= 4 is 27.3 Å². The number of ether oxygens (including phenoxy) is 1. The molecule has 3 N–H and O–H groups in total. The Hall–Kier alpha value is -1.76. The zero-order chi connectivity index (χ0) is 24.2. The maximum atomic E-state index is 12.5. The summed E-state index contributed by atoms with van der Waals surface area (Å²) in [5, 5.41) is 0.219. The lowest BCUT2D eigenvalue weighted by molar-refractivity contribution is 0.300. The van der Waals surface area contributed by atoms with Gasteiger partial charge in [0.25, 0.3) is 0 Å². The summed E-state index contributed by atoms with van der Waals surface area (Å²) in [5.74, 6) is 0.862. The highest BCUT2D eigenvalue weighted by molar-refractivity contribution is 7.89. The number of nitrogen functional groups attached to an aromatic ring is 1. The van der Waals surface area contributed by atoms with E-state index in [-0.39, 0.29) is 27.3 Å². The minimum Gasteiger partial charge on any atom is -0.493 e. The molecule has 0 aliphatic rings. The topological polar surface area (TPSA) is 81.4 Å². The fraction of sp³-hybridized carbons (Fsp3) is 0.520. The van der Waals surface area contributed by atoms with E-state index in [1.807, 2.05) is 0 Å². The van der Waals surface area contributed by atoms with E-state index in [2.05, 4.69) is 64.5 Å². The average molecular weight is 481 g/mol. The summed E-state index contributed by atoms with van der Waals surface area (Å²) in [6.07, 6.45) is 2.58. The molecule has 2 aromatic rings. The van der Waals surface area contributed by atoms with Gasteiger partial charge in [-0.2, -0.15) is 0 Å². The Balaban J connectivity index is 2.05. The molecular weight excluding hydrogens is 444 g/mol. The summed E-state index contributed by atoms with van der Waals surface area (Å²) in [4.78, 5) is 0.0960. The Labute approximate surface area is 198 Å². The Kier molecular flexibility index (Phi) is 8.65. The average Bonchev–Trinajstić information content (AvgIpc) is 2.75. The van der Waals surface area contributed by atoms with Crippen molar-refractivity contribution in [2.24, 2.45) is 0 Å². The standard InChI is InChI=1S/C25H37ClN2O3S/c1-7-24(3,4)18-10-13-23(20(16-18)25(5,6)8-2)31-15-9-14-28-32(29,30)19-11-12-22(27)21(26)17-19/h10-13,16-17,28H,7-9,14-15,27H2,1-6H3. The molecule has 7 heteroatoms. The molecular formula is C25H37ClN2O3S. The monoisotopic (exact) mass is 480 g/mol. The molecule has 32 heavy (non-hydrogen) atoms. The van der Waals surface area contributed by atoms with Gasteiger partial charge in [0.1, 0.15) is 5.75 Å². The number of hydrogen-bond donors (Lipinski definition) is 2. The van der Waals surface area contributed by atoms with Crippen LogP contribution in [0.1, 0.15) is 71.9 Å². The molecule has 0 fully saturated rings. The Bertz CT molecular complexity index is 1030. The second kappa shape index (κ2) is 10.4. The zero-order valence-electron chi connectivity index (χ0n) is 20.1. The van der Waals surface area contributed by atoms with Gasteiger partial charge >= 0.3 is 0 Å². The molecule has 0 saturated carbocycles. The molecule has 2 rings (SSSR count). The Morgan fingerprint density at radius 1 is 1.00 bits per heavy atom. The molecule has 0 aliphatic heterocycles. The molecule has 0 atom stereocenters. The van der Waals surface area contributed by atoms with Gasteiger partial charge in [-0.1, -0.05) is 65.3 Å². The van der Waals surface area contributed by atoms with Gasteiger partial charge in [-0.15, -0.1) is 0 Å². The maximum absolute atomic E-state index is 12.5. The predicted octanol–water partition coefficient (Wildman–Crippen LogP) is 6.04. The lowest BCUT2D eigenvalue weighted by Crippen LogP contribution is -2.26. The predicted molar refractivity (Wildman–Crippen MR) is 134 cm³/mol. The number of hydrogen-bond acceptors (Lipinski definition) is 4. The van der Waals surface area contributed by atoms with Crippen LogP contribution in [0.5, 0.6) is 5.75 Å². The third-order valence-electron chi connectivity index (χ3n) is 6.41. The van der Waals surface area contributed by atoms with E-state index < -0.39 is 10.0 Å².